The van der Waals surface area contributed by atoms with E-state index in [1.807, 2.05) is 19.1 Å². The lowest BCUT2D eigenvalue weighted by molar-refractivity contribution is 0.298. The van der Waals surface area contributed by atoms with Crippen molar-refractivity contribution < 1.29 is 4.74 Å². The third-order valence-corrected chi connectivity index (χ3v) is 2.08. The van der Waals surface area contributed by atoms with E-state index in [0.717, 1.165) is 30.0 Å². The summed E-state index contributed by atoms with van der Waals surface area (Å²) >= 11 is 0. The lowest BCUT2D eigenvalue weighted by Crippen LogP contribution is -2.06. The Morgan fingerprint density at radius 3 is 2.92 bits per heavy atom. The fourth-order valence-electron chi connectivity index (χ4n) is 1.22. The Morgan fingerprint density at radius 2 is 2.31 bits per heavy atom. The van der Waals surface area contributed by atoms with Crippen LogP contribution in [0.5, 0.6) is 5.75 Å². The van der Waals surface area contributed by atoms with Crippen molar-refractivity contribution in [1.29, 1.82) is 0 Å². The van der Waals surface area contributed by atoms with Gasteiger partial charge in [0.05, 0.1) is 11.8 Å². The van der Waals surface area contributed by atoms with Crippen LogP contribution < -0.4 is 10.5 Å². The van der Waals surface area contributed by atoms with Crippen molar-refractivity contribution in [3.63, 3.8) is 0 Å². The van der Waals surface area contributed by atoms with Crippen LogP contribution in [0.25, 0.3) is 0 Å². The molecule has 1 aliphatic carbocycles. The molecule has 0 spiro atoms. The second-order valence-electron chi connectivity index (χ2n) is 3.42. The predicted octanol–water partition coefficient (Wildman–Crippen LogP) is 1.39. The van der Waals surface area contributed by atoms with Crippen LogP contribution >= 0.6 is 0 Å². The SMILES string of the molecule is Cc1ccc(OC2CC2)c(CN)n1. The predicted molar refractivity (Wildman–Crippen MR) is 50.5 cm³/mol. The van der Waals surface area contributed by atoms with Gasteiger partial charge in [-0.1, -0.05) is 0 Å². The molecule has 1 aromatic heterocycles. The van der Waals surface area contributed by atoms with Crippen molar-refractivity contribution >= 4 is 0 Å². The molecular formula is C10H14N2O. The summed E-state index contributed by atoms with van der Waals surface area (Å²) in [5, 5.41) is 0. The highest BCUT2D eigenvalue weighted by Crippen LogP contribution is 2.28. The minimum atomic E-state index is 0.412. The van der Waals surface area contributed by atoms with Gasteiger partial charge in [0.15, 0.2) is 0 Å². The summed E-state index contributed by atoms with van der Waals surface area (Å²) < 4.78 is 5.66. The van der Waals surface area contributed by atoms with E-state index in [1.165, 1.54) is 0 Å². The lowest BCUT2D eigenvalue weighted by atomic mass is 10.3. The van der Waals surface area contributed by atoms with E-state index in [1.54, 1.807) is 0 Å². The first-order valence-corrected chi connectivity index (χ1v) is 4.63. The van der Waals surface area contributed by atoms with Crippen molar-refractivity contribution in [2.24, 2.45) is 5.73 Å². The van der Waals surface area contributed by atoms with Crippen molar-refractivity contribution in [3.8, 4) is 5.75 Å². The molecular weight excluding hydrogens is 164 g/mol. The normalized spacial score (nSPS) is 15.8. The van der Waals surface area contributed by atoms with Crippen LogP contribution in [0.1, 0.15) is 24.2 Å². The first-order valence-electron chi connectivity index (χ1n) is 4.63. The Labute approximate surface area is 77.9 Å². The highest BCUT2D eigenvalue weighted by Gasteiger charge is 2.24. The summed E-state index contributed by atoms with van der Waals surface area (Å²) in [7, 11) is 0. The topological polar surface area (TPSA) is 48.1 Å². The smallest absolute Gasteiger partial charge is 0.142 e. The van der Waals surface area contributed by atoms with Crippen LogP contribution in [-0.2, 0) is 6.54 Å². The van der Waals surface area contributed by atoms with Gasteiger partial charge in [0.1, 0.15) is 5.75 Å². The number of rotatable bonds is 3. The molecule has 0 atom stereocenters. The molecule has 1 saturated carbocycles. The minimum absolute atomic E-state index is 0.412. The van der Waals surface area contributed by atoms with Crippen molar-refractivity contribution in [2.45, 2.75) is 32.4 Å². The van der Waals surface area contributed by atoms with Gasteiger partial charge in [0.25, 0.3) is 0 Å². The zero-order chi connectivity index (χ0) is 9.26. The number of pyridine rings is 1. The summed E-state index contributed by atoms with van der Waals surface area (Å²) in [5.74, 6) is 0.857. The third-order valence-electron chi connectivity index (χ3n) is 2.08. The molecule has 0 amide bonds. The highest BCUT2D eigenvalue weighted by molar-refractivity contribution is 5.29. The number of nitrogens with two attached hydrogens (primary N) is 1. The Bertz CT molecular complexity index is 308. The fourth-order valence-corrected chi connectivity index (χ4v) is 1.22. The number of nitrogens with zero attached hydrogens (tertiary/aromatic N) is 1. The standard InChI is InChI=1S/C10H14N2O/c1-7-2-5-10(9(6-11)12-7)13-8-3-4-8/h2,5,8H,3-4,6,11H2,1H3. The molecule has 1 fully saturated rings. The maximum atomic E-state index is 5.66. The molecule has 2 N–H and O–H groups in total. The van der Waals surface area contributed by atoms with E-state index in [4.69, 9.17) is 10.5 Å². The zero-order valence-electron chi connectivity index (χ0n) is 7.79. The molecule has 2 rings (SSSR count). The van der Waals surface area contributed by atoms with Crippen molar-refractivity contribution in [1.82, 2.24) is 4.98 Å². The second kappa shape index (κ2) is 3.34. The van der Waals surface area contributed by atoms with E-state index in [9.17, 15) is 0 Å². The Kier molecular flexibility index (Phi) is 2.19. The van der Waals surface area contributed by atoms with E-state index in [-0.39, 0.29) is 0 Å². The second-order valence-corrected chi connectivity index (χ2v) is 3.42. The van der Waals surface area contributed by atoms with Gasteiger partial charge >= 0.3 is 0 Å². The van der Waals surface area contributed by atoms with Crippen LogP contribution in [0.3, 0.4) is 0 Å². The number of hydrogen-bond acceptors (Lipinski definition) is 3. The molecule has 1 aromatic rings. The number of ether oxygens (including phenoxy) is 1. The highest BCUT2D eigenvalue weighted by atomic mass is 16.5. The fraction of sp³-hybridized carbons (Fsp3) is 0.500. The van der Waals surface area contributed by atoms with Gasteiger partial charge in [-0.25, -0.2) is 0 Å². The number of aromatic nitrogens is 1. The summed E-state index contributed by atoms with van der Waals surface area (Å²) in [4.78, 5) is 4.32. The van der Waals surface area contributed by atoms with Crippen LogP contribution in [0.4, 0.5) is 0 Å². The molecule has 1 heterocycles. The number of aryl methyl sites for hydroxylation is 1. The molecule has 3 heteroatoms. The van der Waals surface area contributed by atoms with Crippen LogP contribution in [-0.4, -0.2) is 11.1 Å². The molecule has 1 aliphatic rings. The van der Waals surface area contributed by atoms with Gasteiger partial charge in [0.2, 0.25) is 0 Å². The summed E-state index contributed by atoms with van der Waals surface area (Å²) in [6.45, 7) is 2.41. The molecule has 0 radical (unpaired) electrons. The Morgan fingerprint density at radius 1 is 1.54 bits per heavy atom. The third kappa shape index (κ3) is 1.98. The van der Waals surface area contributed by atoms with Gasteiger partial charge < -0.3 is 10.5 Å². The van der Waals surface area contributed by atoms with Gasteiger partial charge in [-0.3, -0.25) is 4.98 Å². The molecule has 0 saturated heterocycles. The molecule has 70 valence electrons. The van der Waals surface area contributed by atoms with E-state index in [2.05, 4.69) is 4.98 Å². The first-order chi connectivity index (χ1) is 6.29. The molecule has 13 heavy (non-hydrogen) atoms. The molecule has 0 unspecified atom stereocenters. The monoisotopic (exact) mass is 178 g/mol. The molecule has 0 bridgehead atoms. The largest absolute Gasteiger partial charge is 0.488 e. The van der Waals surface area contributed by atoms with E-state index >= 15 is 0 Å². The Hall–Kier alpha value is -1.09. The number of hydrogen-bond donors (Lipinski definition) is 1. The van der Waals surface area contributed by atoms with Crippen molar-refractivity contribution in [2.75, 3.05) is 0 Å². The first kappa shape index (κ1) is 8.51. The van der Waals surface area contributed by atoms with Crippen LogP contribution in [0, 0.1) is 6.92 Å². The maximum absolute atomic E-state index is 5.66. The van der Waals surface area contributed by atoms with Crippen LogP contribution in [0.15, 0.2) is 12.1 Å². The average molecular weight is 178 g/mol. The minimum Gasteiger partial charge on any atom is -0.488 e. The zero-order valence-corrected chi connectivity index (χ0v) is 7.79. The van der Waals surface area contributed by atoms with Gasteiger partial charge in [-0.2, -0.15) is 0 Å². The molecule has 0 aliphatic heterocycles. The molecule has 3 nitrogen and oxygen atoms in total. The van der Waals surface area contributed by atoms with Gasteiger partial charge in [0, 0.05) is 12.2 Å². The van der Waals surface area contributed by atoms with Gasteiger partial charge in [-0.05, 0) is 31.9 Å². The molecule has 0 aromatic carbocycles. The quantitative estimate of drug-likeness (QED) is 0.760. The van der Waals surface area contributed by atoms with E-state index in [0.29, 0.717) is 12.6 Å². The van der Waals surface area contributed by atoms with Crippen molar-refractivity contribution in [3.05, 3.63) is 23.5 Å². The Balaban J connectivity index is 2.21. The summed E-state index contributed by atoms with van der Waals surface area (Å²) in [6.07, 6.45) is 2.74. The average Bonchev–Trinajstić information content (AvgIpc) is 2.92. The summed E-state index contributed by atoms with van der Waals surface area (Å²) in [6, 6.07) is 3.92. The summed E-state index contributed by atoms with van der Waals surface area (Å²) in [5.41, 5.74) is 7.43. The maximum Gasteiger partial charge on any atom is 0.142 e. The van der Waals surface area contributed by atoms with Gasteiger partial charge in [-0.15, -0.1) is 0 Å². The van der Waals surface area contributed by atoms with E-state index < -0.39 is 0 Å². The lowest BCUT2D eigenvalue weighted by Gasteiger charge is -2.08. The van der Waals surface area contributed by atoms with Crippen LogP contribution in [0.2, 0.25) is 0 Å².